The first-order valence-electron chi connectivity index (χ1n) is 6.29. The highest BCUT2D eigenvalue weighted by Gasteiger charge is 2.45. The van der Waals surface area contributed by atoms with Crippen LogP contribution in [0.3, 0.4) is 0 Å². The van der Waals surface area contributed by atoms with Crippen LogP contribution in [0, 0.1) is 5.92 Å². The Balaban J connectivity index is 2.16. The molecule has 3 amide bonds. The number of imide groups is 1. The summed E-state index contributed by atoms with van der Waals surface area (Å²) >= 11 is 0. The Hall–Kier alpha value is -1.43. The molecular weight excluding hydrogens is 234 g/mol. The van der Waals surface area contributed by atoms with Crippen molar-refractivity contribution in [3.05, 3.63) is 0 Å². The fourth-order valence-electron chi connectivity index (χ4n) is 2.43. The van der Waals surface area contributed by atoms with Crippen molar-refractivity contribution in [1.82, 2.24) is 15.5 Å². The van der Waals surface area contributed by atoms with Crippen molar-refractivity contribution in [1.29, 1.82) is 0 Å². The van der Waals surface area contributed by atoms with Gasteiger partial charge in [0.1, 0.15) is 12.1 Å². The fourth-order valence-corrected chi connectivity index (χ4v) is 2.43. The number of hydrogen-bond donors (Lipinski definition) is 2. The molecule has 0 bridgehead atoms. The summed E-state index contributed by atoms with van der Waals surface area (Å²) < 4.78 is 0. The average molecular weight is 253 g/mol. The maximum atomic E-state index is 12.4. The molecule has 2 fully saturated rings. The van der Waals surface area contributed by atoms with E-state index in [0.29, 0.717) is 0 Å². The normalized spacial score (nSPS) is 24.9. The molecule has 0 unspecified atom stereocenters. The lowest BCUT2D eigenvalue weighted by Crippen LogP contribution is -2.66. The molecule has 2 aliphatic heterocycles. The van der Waals surface area contributed by atoms with Crippen molar-refractivity contribution >= 4 is 17.7 Å². The minimum absolute atomic E-state index is 0.0263. The summed E-state index contributed by atoms with van der Waals surface area (Å²) in [7, 11) is 0. The molecule has 2 rings (SSSR count). The van der Waals surface area contributed by atoms with Gasteiger partial charge in [0.25, 0.3) is 5.91 Å². The van der Waals surface area contributed by atoms with Crippen molar-refractivity contribution in [3.63, 3.8) is 0 Å². The number of hydrogen-bond acceptors (Lipinski definition) is 4. The van der Waals surface area contributed by atoms with Crippen LogP contribution >= 0.6 is 0 Å². The zero-order valence-corrected chi connectivity index (χ0v) is 10.8. The van der Waals surface area contributed by atoms with Crippen LogP contribution in [-0.4, -0.2) is 47.8 Å². The number of rotatable bonds is 1. The van der Waals surface area contributed by atoms with Gasteiger partial charge in [-0.2, -0.15) is 0 Å². The Kier molecular flexibility index (Phi) is 3.38. The van der Waals surface area contributed by atoms with E-state index < -0.39 is 17.4 Å². The molecule has 100 valence electrons. The number of nitrogens with zero attached hydrogens (tertiary/aromatic N) is 1. The van der Waals surface area contributed by atoms with Crippen LogP contribution in [0.25, 0.3) is 0 Å². The third-order valence-corrected chi connectivity index (χ3v) is 3.74. The van der Waals surface area contributed by atoms with Gasteiger partial charge in [0.2, 0.25) is 11.8 Å². The molecule has 0 aromatic heterocycles. The van der Waals surface area contributed by atoms with E-state index in [9.17, 15) is 14.4 Å². The topological polar surface area (TPSA) is 78.5 Å². The quantitative estimate of drug-likeness (QED) is 0.603. The van der Waals surface area contributed by atoms with E-state index >= 15 is 0 Å². The van der Waals surface area contributed by atoms with Crippen LogP contribution in [0.2, 0.25) is 0 Å². The Morgan fingerprint density at radius 1 is 1.28 bits per heavy atom. The van der Waals surface area contributed by atoms with E-state index in [2.05, 4.69) is 10.6 Å². The Morgan fingerprint density at radius 2 is 1.89 bits per heavy atom. The molecule has 0 atom stereocenters. The largest absolute Gasteiger partial charge is 0.319 e. The summed E-state index contributed by atoms with van der Waals surface area (Å²) in [5.41, 5.74) is -0.949. The summed E-state index contributed by atoms with van der Waals surface area (Å²) in [5.74, 6) is -0.962. The Labute approximate surface area is 106 Å². The van der Waals surface area contributed by atoms with Gasteiger partial charge in [0, 0.05) is 5.92 Å². The molecule has 0 aromatic carbocycles. The second-order valence-electron chi connectivity index (χ2n) is 5.38. The minimum atomic E-state index is -0.949. The Morgan fingerprint density at radius 3 is 2.50 bits per heavy atom. The average Bonchev–Trinajstić information content (AvgIpc) is 2.34. The predicted molar refractivity (Wildman–Crippen MR) is 64.5 cm³/mol. The second-order valence-corrected chi connectivity index (χ2v) is 5.38. The number of amides is 3. The molecule has 0 saturated carbocycles. The van der Waals surface area contributed by atoms with Crippen molar-refractivity contribution in [2.75, 3.05) is 19.6 Å². The summed E-state index contributed by atoms with van der Waals surface area (Å²) in [4.78, 5) is 37.1. The number of nitrogens with one attached hydrogen (secondary N) is 2. The standard InChI is InChI=1S/C12H19N3O3/c1-12(2)11(18)14-9(16)7-15(12)10(17)8-3-5-13-6-4-8/h8,13H,3-7H2,1-2H3,(H,14,16,18). The Bertz CT molecular complexity index is 386. The summed E-state index contributed by atoms with van der Waals surface area (Å²) in [6, 6.07) is 0. The van der Waals surface area contributed by atoms with Crippen molar-refractivity contribution in [2.45, 2.75) is 32.2 Å². The first-order valence-corrected chi connectivity index (χ1v) is 6.29. The van der Waals surface area contributed by atoms with Gasteiger partial charge in [-0.3, -0.25) is 19.7 Å². The highest BCUT2D eigenvalue weighted by Crippen LogP contribution is 2.24. The molecule has 2 N–H and O–H groups in total. The maximum absolute atomic E-state index is 12.4. The molecule has 2 heterocycles. The smallest absolute Gasteiger partial charge is 0.252 e. The molecule has 0 aromatic rings. The SMILES string of the molecule is CC1(C)C(=O)NC(=O)CN1C(=O)C1CCNCC1. The summed E-state index contributed by atoms with van der Waals surface area (Å²) in [5, 5.41) is 5.47. The van der Waals surface area contributed by atoms with E-state index in [4.69, 9.17) is 0 Å². The van der Waals surface area contributed by atoms with Crippen molar-refractivity contribution in [2.24, 2.45) is 5.92 Å². The van der Waals surface area contributed by atoms with E-state index in [1.54, 1.807) is 13.8 Å². The van der Waals surface area contributed by atoms with Crippen molar-refractivity contribution in [3.8, 4) is 0 Å². The predicted octanol–water partition coefficient (Wildman–Crippen LogP) is -0.750. The molecule has 0 radical (unpaired) electrons. The monoisotopic (exact) mass is 253 g/mol. The molecule has 0 aliphatic carbocycles. The highest BCUT2D eigenvalue weighted by atomic mass is 16.2. The fraction of sp³-hybridized carbons (Fsp3) is 0.750. The van der Waals surface area contributed by atoms with Crippen LogP contribution in [0.1, 0.15) is 26.7 Å². The highest BCUT2D eigenvalue weighted by molar-refractivity contribution is 6.06. The summed E-state index contributed by atoms with van der Waals surface area (Å²) in [6.07, 6.45) is 1.53. The first-order chi connectivity index (χ1) is 8.43. The van der Waals surface area contributed by atoms with Gasteiger partial charge in [0.15, 0.2) is 0 Å². The number of piperidine rings is 1. The van der Waals surface area contributed by atoms with E-state index in [-0.39, 0.29) is 18.4 Å². The molecule has 18 heavy (non-hydrogen) atoms. The molecule has 6 nitrogen and oxygen atoms in total. The van der Waals surface area contributed by atoms with Gasteiger partial charge in [-0.1, -0.05) is 0 Å². The number of piperazine rings is 1. The first kappa shape index (κ1) is 13.0. The van der Waals surface area contributed by atoms with Gasteiger partial charge >= 0.3 is 0 Å². The van der Waals surface area contributed by atoms with Crippen LogP contribution in [0.15, 0.2) is 0 Å². The zero-order valence-electron chi connectivity index (χ0n) is 10.8. The third kappa shape index (κ3) is 2.25. The van der Waals surface area contributed by atoms with Crippen LogP contribution in [0.5, 0.6) is 0 Å². The van der Waals surface area contributed by atoms with E-state index in [1.165, 1.54) is 4.90 Å². The number of carbonyl (C=O) groups excluding carboxylic acids is 3. The van der Waals surface area contributed by atoms with Gasteiger partial charge in [-0.25, -0.2) is 0 Å². The second kappa shape index (κ2) is 4.68. The van der Waals surface area contributed by atoms with E-state index in [1.807, 2.05) is 0 Å². The van der Waals surface area contributed by atoms with Crippen LogP contribution < -0.4 is 10.6 Å². The third-order valence-electron chi connectivity index (χ3n) is 3.74. The van der Waals surface area contributed by atoms with Gasteiger partial charge < -0.3 is 10.2 Å². The zero-order chi connectivity index (χ0) is 13.3. The van der Waals surface area contributed by atoms with Crippen LogP contribution in [-0.2, 0) is 14.4 Å². The lowest BCUT2D eigenvalue weighted by Gasteiger charge is -2.42. The lowest BCUT2D eigenvalue weighted by molar-refractivity contribution is -0.158. The van der Waals surface area contributed by atoms with Gasteiger partial charge in [0.05, 0.1) is 0 Å². The van der Waals surface area contributed by atoms with Crippen LogP contribution in [0.4, 0.5) is 0 Å². The maximum Gasteiger partial charge on any atom is 0.252 e. The molecule has 2 saturated heterocycles. The minimum Gasteiger partial charge on any atom is -0.319 e. The lowest BCUT2D eigenvalue weighted by atomic mass is 9.91. The summed E-state index contributed by atoms with van der Waals surface area (Å²) in [6.45, 7) is 4.94. The van der Waals surface area contributed by atoms with Gasteiger partial charge in [-0.15, -0.1) is 0 Å². The molecule has 0 spiro atoms. The number of carbonyl (C=O) groups is 3. The molecular formula is C12H19N3O3. The molecule has 6 heteroatoms. The molecule has 2 aliphatic rings. The van der Waals surface area contributed by atoms with Crippen molar-refractivity contribution < 1.29 is 14.4 Å². The van der Waals surface area contributed by atoms with Gasteiger partial charge in [-0.05, 0) is 39.8 Å². The van der Waals surface area contributed by atoms with E-state index in [0.717, 1.165) is 25.9 Å².